The maximum atomic E-state index is 14.3. The minimum atomic E-state index is -1.58. The van der Waals surface area contributed by atoms with Gasteiger partial charge in [0.25, 0.3) is 0 Å². The van der Waals surface area contributed by atoms with E-state index in [0.29, 0.717) is 18.1 Å². The SMILES string of the molecule is Cc1c(F)c(F)c(-c2cn3nc(S(=O)CCNC(=O)CCCCC4SCC5NC(=O)NC54)sc3n2)c(F)c1F. The molecule has 3 N–H and O–H groups in total. The van der Waals surface area contributed by atoms with E-state index in [-0.39, 0.29) is 51.3 Å². The zero-order valence-corrected chi connectivity index (χ0v) is 23.0. The Morgan fingerprint density at radius 2 is 1.92 bits per heavy atom. The highest BCUT2D eigenvalue weighted by Crippen LogP contribution is 2.34. The summed E-state index contributed by atoms with van der Waals surface area (Å²) in [7, 11) is -1.58. The van der Waals surface area contributed by atoms with Gasteiger partial charge in [-0.25, -0.2) is 31.9 Å². The van der Waals surface area contributed by atoms with Crippen LogP contribution in [0.15, 0.2) is 10.5 Å². The molecule has 2 aliphatic rings. The molecule has 4 atom stereocenters. The Kier molecular flexibility index (Phi) is 8.14. The van der Waals surface area contributed by atoms with Crippen molar-refractivity contribution in [2.24, 2.45) is 0 Å². The average molecular weight is 605 g/mol. The molecule has 9 nitrogen and oxygen atoms in total. The van der Waals surface area contributed by atoms with E-state index in [0.717, 1.165) is 47.6 Å². The third kappa shape index (κ3) is 5.63. The Morgan fingerprint density at radius 3 is 2.64 bits per heavy atom. The van der Waals surface area contributed by atoms with Gasteiger partial charge in [0, 0.05) is 35.3 Å². The fourth-order valence-corrected chi connectivity index (χ4v) is 8.24. The lowest BCUT2D eigenvalue weighted by atomic mass is 10.0. The minimum absolute atomic E-state index is 0.0986. The quantitative estimate of drug-likeness (QED) is 0.142. The number of rotatable bonds is 10. The monoisotopic (exact) mass is 604 g/mol. The highest BCUT2D eigenvalue weighted by molar-refractivity contribution is 8.00. The molecule has 3 amide bonds. The maximum Gasteiger partial charge on any atom is 0.315 e. The zero-order chi connectivity index (χ0) is 27.8. The van der Waals surface area contributed by atoms with E-state index < -0.39 is 45.2 Å². The molecule has 0 spiro atoms. The van der Waals surface area contributed by atoms with Crippen molar-refractivity contribution in [3.8, 4) is 11.3 Å². The van der Waals surface area contributed by atoms with E-state index in [4.69, 9.17) is 0 Å². The predicted molar refractivity (Wildman–Crippen MR) is 139 cm³/mol. The first-order valence-corrected chi connectivity index (χ1v) is 15.3. The molecule has 0 saturated carbocycles. The van der Waals surface area contributed by atoms with Crippen molar-refractivity contribution >= 4 is 50.8 Å². The Bertz CT molecular complexity index is 1400. The van der Waals surface area contributed by atoms with Crippen LogP contribution in [0.25, 0.3) is 16.2 Å². The summed E-state index contributed by atoms with van der Waals surface area (Å²) in [6.45, 7) is 1.09. The summed E-state index contributed by atoms with van der Waals surface area (Å²) in [6.07, 6.45) is 3.90. The molecule has 0 bridgehead atoms. The lowest BCUT2D eigenvalue weighted by Gasteiger charge is -2.16. The Balaban J connectivity index is 1.08. The van der Waals surface area contributed by atoms with E-state index in [1.165, 1.54) is 0 Å². The Hall–Kier alpha value is -2.72. The summed E-state index contributed by atoms with van der Waals surface area (Å²) in [5, 5.41) is 13.0. The van der Waals surface area contributed by atoms with Gasteiger partial charge in [-0.1, -0.05) is 17.8 Å². The van der Waals surface area contributed by atoms with Gasteiger partial charge >= 0.3 is 6.03 Å². The fourth-order valence-electron chi connectivity index (χ4n) is 4.59. The number of urea groups is 1. The van der Waals surface area contributed by atoms with E-state index in [2.05, 4.69) is 26.0 Å². The minimum Gasteiger partial charge on any atom is -0.355 e. The van der Waals surface area contributed by atoms with Gasteiger partial charge in [-0.2, -0.15) is 11.8 Å². The number of unbranched alkanes of at least 4 members (excludes halogenated alkanes) is 1. The summed E-state index contributed by atoms with van der Waals surface area (Å²) < 4.78 is 70.4. The number of thioether (sulfide) groups is 1. The third-order valence-corrected chi connectivity index (χ3v) is 10.7. The molecule has 39 heavy (non-hydrogen) atoms. The van der Waals surface area contributed by atoms with Crippen molar-refractivity contribution < 1.29 is 31.4 Å². The topological polar surface area (TPSA) is 117 Å². The second-order valence-corrected chi connectivity index (χ2v) is 13.2. The van der Waals surface area contributed by atoms with Gasteiger partial charge in [0.15, 0.2) is 23.3 Å². The molecule has 2 aliphatic heterocycles. The van der Waals surface area contributed by atoms with Gasteiger partial charge in [0.2, 0.25) is 15.2 Å². The van der Waals surface area contributed by atoms with E-state index in [1.54, 1.807) is 0 Å². The predicted octanol–water partition coefficient (Wildman–Crippen LogP) is 3.27. The largest absolute Gasteiger partial charge is 0.355 e. The van der Waals surface area contributed by atoms with Gasteiger partial charge in [-0.05, 0) is 19.8 Å². The van der Waals surface area contributed by atoms with Gasteiger partial charge in [-0.15, -0.1) is 5.10 Å². The number of hydrogen-bond acceptors (Lipinski definition) is 7. The van der Waals surface area contributed by atoms with Crippen LogP contribution in [-0.2, 0) is 15.6 Å². The molecule has 0 aliphatic carbocycles. The second-order valence-electron chi connectivity index (χ2n) is 9.24. The number of carbonyl (C=O) groups is 2. The maximum absolute atomic E-state index is 14.3. The molecule has 3 aromatic rings. The lowest BCUT2D eigenvalue weighted by Crippen LogP contribution is -2.36. The van der Waals surface area contributed by atoms with Crippen LogP contribution in [0.3, 0.4) is 0 Å². The van der Waals surface area contributed by atoms with Crippen LogP contribution >= 0.6 is 23.1 Å². The highest BCUT2D eigenvalue weighted by atomic mass is 32.2. The molecule has 2 fully saturated rings. The first kappa shape index (κ1) is 27.8. The average Bonchev–Trinajstić information content (AvgIpc) is 3.65. The number of fused-ring (bicyclic) bond motifs is 2. The number of amides is 3. The molecule has 210 valence electrons. The molecule has 4 unspecified atom stereocenters. The number of imidazole rings is 1. The third-order valence-electron chi connectivity index (χ3n) is 6.65. The van der Waals surface area contributed by atoms with Crippen LogP contribution in [0.1, 0.15) is 31.2 Å². The number of carbonyl (C=O) groups excluding carboxylic acids is 2. The van der Waals surface area contributed by atoms with Gasteiger partial charge in [-0.3, -0.25) is 9.00 Å². The van der Waals surface area contributed by atoms with E-state index >= 15 is 0 Å². The number of nitrogens with one attached hydrogen (secondary N) is 3. The molecular weight excluding hydrogens is 580 g/mol. The second kappa shape index (κ2) is 11.4. The number of aromatic nitrogens is 3. The Morgan fingerprint density at radius 1 is 1.18 bits per heavy atom. The summed E-state index contributed by atoms with van der Waals surface area (Å²) in [4.78, 5) is 27.7. The van der Waals surface area contributed by atoms with E-state index in [1.807, 2.05) is 11.8 Å². The Labute approximate surface area is 231 Å². The summed E-state index contributed by atoms with van der Waals surface area (Å²) >= 11 is 2.73. The van der Waals surface area contributed by atoms with Crippen LogP contribution in [0.2, 0.25) is 0 Å². The van der Waals surface area contributed by atoms with Gasteiger partial charge in [0.1, 0.15) is 0 Å². The first-order chi connectivity index (χ1) is 18.6. The smallest absolute Gasteiger partial charge is 0.315 e. The standard InChI is InChI=1S/C23H24F4N6O3S3/c1-10-16(24)18(26)15(19(27)17(10)25)11-8-33-22(30-11)38-23(32-33)39(36)7-6-28-14(34)5-3-2-4-13-20-12(9-37-13)29-21(35)31-20/h8,12-13,20H,2-7,9H2,1H3,(H,28,34)(H2,29,31,35). The van der Waals surface area contributed by atoms with Crippen LogP contribution in [0.4, 0.5) is 22.4 Å². The summed E-state index contributed by atoms with van der Waals surface area (Å²) in [5.41, 5.74) is -2.05. The molecule has 0 radical (unpaired) electrons. The zero-order valence-electron chi connectivity index (χ0n) is 20.6. The first-order valence-electron chi connectivity index (χ1n) is 12.2. The van der Waals surface area contributed by atoms with Crippen LogP contribution in [0.5, 0.6) is 0 Å². The van der Waals surface area contributed by atoms with Gasteiger partial charge in [0.05, 0.1) is 40.3 Å². The molecule has 2 saturated heterocycles. The molecule has 4 heterocycles. The summed E-state index contributed by atoms with van der Waals surface area (Å²) in [6, 6.07) is 0.196. The number of hydrogen-bond donors (Lipinski definition) is 3. The number of halogens is 4. The van der Waals surface area contributed by atoms with E-state index in [9.17, 15) is 31.4 Å². The van der Waals surface area contributed by atoms with Crippen LogP contribution in [0, 0.1) is 30.2 Å². The van der Waals surface area contributed by atoms with Crippen molar-refractivity contribution in [1.82, 2.24) is 30.5 Å². The molecule has 2 aromatic heterocycles. The molecule has 1 aromatic carbocycles. The molecule has 16 heteroatoms. The van der Waals surface area contributed by atoms with Crippen molar-refractivity contribution in [3.63, 3.8) is 0 Å². The number of nitrogens with zero attached hydrogens (tertiary/aromatic N) is 3. The molecular formula is C23H24F4N6O3S3. The summed E-state index contributed by atoms with van der Waals surface area (Å²) in [5.74, 6) is -5.27. The van der Waals surface area contributed by atoms with Crippen molar-refractivity contribution in [1.29, 1.82) is 0 Å². The van der Waals surface area contributed by atoms with Crippen molar-refractivity contribution in [2.45, 2.75) is 54.3 Å². The lowest BCUT2D eigenvalue weighted by molar-refractivity contribution is -0.121. The molecule has 5 rings (SSSR count). The highest BCUT2D eigenvalue weighted by Gasteiger charge is 2.42. The fraction of sp³-hybridized carbons (Fsp3) is 0.478. The van der Waals surface area contributed by atoms with Crippen molar-refractivity contribution in [2.75, 3.05) is 18.1 Å². The number of benzene rings is 1. The normalized spacial score (nSPS) is 21.2. The van der Waals surface area contributed by atoms with Gasteiger partial charge < -0.3 is 16.0 Å². The van der Waals surface area contributed by atoms with Crippen LogP contribution < -0.4 is 16.0 Å². The van der Waals surface area contributed by atoms with Crippen LogP contribution in [-0.4, -0.2) is 66.1 Å². The van der Waals surface area contributed by atoms with Crippen molar-refractivity contribution in [3.05, 3.63) is 35.0 Å².